The standard InChI is InChI=1S/C25H20N2O6/c1-3-10-31-18-7-5-17(6-8-18)23(28)22-15(2)19(12-26)24(29)27(25(22)30)13-16-4-9-20-21(11-16)33-14-32-20/h3-9,11,30H,1,10,13-14H2,2H3. The molecule has 0 bridgehead atoms. The lowest BCUT2D eigenvalue weighted by molar-refractivity contribution is 0.103. The zero-order chi connectivity index (χ0) is 23.5. The second-order valence-electron chi connectivity index (χ2n) is 7.34. The molecule has 0 amide bonds. The van der Waals surface area contributed by atoms with Crippen LogP contribution in [0.5, 0.6) is 23.1 Å². The van der Waals surface area contributed by atoms with E-state index in [4.69, 9.17) is 14.2 Å². The third kappa shape index (κ3) is 4.04. The van der Waals surface area contributed by atoms with E-state index < -0.39 is 17.2 Å². The number of hydrogen-bond acceptors (Lipinski definition) is 7. The van der Waals surface area contributed by atoms with Gasteiger partial charge in [-0.3, -0.25) is 14.2 Å². The van der Waals surface area contributed by atoms with Crippen LogP contribution in [0.3, 0.4) is 0 Å². The van der Waals surface area contributed by atoms with Gasteiger partial charge >= 0.3 is 0 Å². The second kappa shape index (κ2) is 8.93. The minimum absolute atomic E-state index is 0.0646. The SMILES string of the molecule is C=CCOc1ccc(C(=O)c2c(C)c(C#N)c(=O)n(Cc3ccc4c(c3)OCO4)c2O)cc1. The minimum Gasteiger partial charge on any atom is -0.494 e. The molecule has 4 rings (SSSR count). The first-order valence-electron chi connectivity index (χ1n) is 10.1. The summed E-state index contributed by atoms with van der Waals surface area (Å²) in [6, 6.07) is 13.3. The van der Waals surface area contributed by atoms with Crippen molar-refractivity contribution < 1.29 is 24.1 Å². The number of rotatable bonds is 7. The number of hydrogen-bond donors (Lipinski definition) is 1. The molecule has 1 aliphatic heterocycles. The van der Waals surface area contributed by atoms with Gasteiger partial charge in [0, 0.05) is 5.56 Å². The van der Waals surface area contributed by atoms with Crippen LogP contribution in [0.25, 0.3) is 0 Å². The summed E-state index contributed by atoms with van der Waals surface area (Å²) in [6.07, 6.45) is 1.60. The zero-order valence-electron chi connectivity index (χ0n) is 17.8. The van der Waals surface area contributed by atoms with Gasteiger partial charge in [-0.1, -0.05) is 18.7 Å². The van der Waals surface area contributed by atoms with Crippen LogP contribution in [0.1, 0.15) is 32.6 Å². The van der Waals surface area contributed by atoms with Gasteiger partial charge in [0.2, 0.25) is 12.7 Å². The maximum absolute atomic E-state index is 13.3. The van der Waals surface area contributed by atoms with Crippen LogP contribution < -0.4 is 19.8 Å². The Hall–Kier alpha value is -4.51. The van der Waals surface area contributed by atoms with Gasteiger partial charge in [-0.05, 0) is 54.4 Å². The van der Waals surface area contributed by atoms with E-state index in [0.717, 1.165) is 4.57 Å². The van der Waals surface area contributed by atoms with E-state index in [1.165, 1.54) is 6.92 Å². The summed E-state index contributed by atoms with van der Waals surface area (Å²) in [6.45, 7) is 5.42. The van der Waals surface area contributed by atoms with Crippen molar-refractivity contribution in [3.63, 3.8) is 0 Å². The predicted octanol–water partition coefficient (Wildman–Crippen LogP) is 3.31. The number of benzene rings is 2. The molecule has 0 fully saturated rings. The highest BCUT2D eigenvalue weighted by atomic mass is 16.7. The van der Waals surface area contributed by atoms with E-state index in [2.05, 4.69) is 6.58 Å². The lowest BCUT2D eigenvalue weighted by Gasteiger charge is -2.16. The third-order valence-electron chi connectivity index (χ3n) is 5.29. The van der Waals surface area contributed by atoms with Crippen molar-refractivity contribution in [2.24, 2.45) is 0 Å². The van der Waals surface area contributed by atoms with Gasteiger partial charge in [-0.25, -0.2) is 0 Å². The Bertz CT molecular complexity index is 1350. The minimum atomic E-state index is -0.685. The fraction of sp³-hybridized carbons (Fsp3) is 0.160. The van der Waals surface area contributed by atoms with E-state index in [1.54, 1.807) is 48.5 Å². The molecule has 2 aromatic carbocycles. The number of ether oxygens (including phenoxy) is 3. The number of pyridine rings is 1. The summed E-state index contributed by atoms with van der Waals surface area (Å²) in [4.78, 5) is 26.2. The molecule has 0 saturated heterocycles. The summed E-state index contributed by atoms with van der Waals surface area (Å²) in [7, 11) is 0. The highest BCUT2D eigenvalue weighted by Crippen LogP contribution is 2.33. The molecular weight excluding hydrogens is 424 g/mol. The molecule has 0 atom stereocenters. The fourth-order valence-electron chi connectivity index (χ4n) is 3.59. The van der Waals surface area contributed by atoms with Crippen molar-refractivity contribution in [1.82, 2.24) is 4.57 Å². The van der Waals surface area contributed by atoms with Crippen LogP contribution in [-0.4, -0.2) is 28.9 Å². The van der Waals surface area contributed by atoms with Gasteiger partial charge in [0.05, 0.1) is 12.1 Å². The largest absolute Gasteiger partial charge is 0.494 e. The summed E-state index contributed by atoms with van der Waals surface area (Å²) in [5.74, 6) is 0.622. The molecule has 33 heavy (non-hydrogen) atoms. The van der Waals surface area contributed by atoms with E-state index in [0.29, 0.717) is 29.4 Å². The van der Waals surface area contributed by atoms with Gasteiger partial charge in [0.15, 0.2) is 17.3 Å². The van der Waals surface area contributed by atoms with Gasteiger partial charge in [-0.2, -0.15) is 5.26 Å². The van der Waals surface area contributed by atoms with Crippen molar-refractivity contribution >= 4 is 5.78 Å². The third-order valence-corrected chi connectivity index (χ3v) is 5.29. The lowest BCUT2D eigenvalue weighted by atomic mass is 9.97. The summed E-state index contributed by atoms with van der Waals surface area (Å²) in [5.41, 5.74) is 0.0336. The van der Waals surface area contributed by atoms with E-state index in [-0.39, 0.29) is 35.6 Å². The molecule has 1 aromatic heterocycles. The first-order chi connectivity index (χ1) is 15.9. The van der Waals surface area contributed by atoms with Crippen LogP contribution in [0.2, 0.25) is 0 Å². The molecule has 0 saturated carbocycles. The van der Waals surface area contributed by atoms with Crippen LogP contribution >= 0.6 is 0 Å². The fourth-order valence-corrected chi connectivity index (χ4v) is 3.59. The molecule has 0 radical (unpaired) electrons. The Morgan fingerprint density at radius 2 is 1.97 bits per heavy atom. The maximum Gasteiger partial charge on any atom is 0.271 e. The Morgan fingerprint density at radius 1 is 1.24 bits per heavy atom. The average molecular weight is 444 g/mol. The maximum atomic E-state index is 13.3. The Kier molecular flexibility index (Phi) is 5.87. The van der Waals surface area contributed by atoms with Gasteiger partial charge in [0.1, 0.15) is 24.0 Å². The van der Waals surface area contributed by atoms with Crippen LogP contribution in [-0.2, 0) is 6.54 Å². The molecule has 0 spiro atoms. The number of ketones is 1. The smallest absolute Gasteiger partial charge is 0.271 e. The van der Waals surface area contributed by atoms with Gasteiger partial charge in [-0.15, -0.1) is 0 Å². The Morgan fingerprint density at radius 3 is 2.67 bits per heavy atom. The van der Waals surface area contributed by atoms with Crippen LogP contribution in [0.4, 0.5) is 0 Å². The van der Waals surface area contributed by atoms with E-state index >= 15 is 0 Å². The Labute approximate surface area is 189 Å². The van der Waals surface area contributed by atoms with Gasteiger partial charge < -0.3 is 19.3 Å². The summed E-state index contributed by atoms with van der Waals surface area (Å²) >= 11 is 0. The van der Waals surface area contributed by atoms with E-state index in [1.807, 2.05) is 6.07 Å². The molecule has 8 heteroatoms. The monoisotopic (exact) mass is 444 g/mol. The molecule has 2 heterocycles. The van der Waals surface area contributed by atoms with Crippen LogP contribution in [0.15, 0.2) is 59.9 Å². The number of aromatic hydroxyl groups is 1. The number of fused-ring (bicyclic) bond motifs is 1. The van der Waals surface area contributed by atoms with Gasteiger partial charge in [0.25, 0.3) is 5.56 Å². The van der Waals surface area contributed by atoms with Crippen molar-refractivity contribution in [3.8, 4) is 29.2 Å². The molecule has 8 nitrogen and oxygen atoms in total. The summed E-state index contributed by atoms with van der Waals surface area (Å²) < 4.78 is 17.1. The second-order valence-corrected chi connectivity index (χ2v) is 7.34. The van der Waals surface area contributed by atoms with Crippen LogP contribution in [0, 0.1) is 18.3 Å². The number of carbonyl (C=O) groups is 1. The zero-order valence-corrected chi connectivity index (χ0v) is 17.8. The molecule has 166 valence electrons. The van der Waals surface area contributed by atoms with Crippen molar-refractivity contribution in [2.75, 3.05) is 13.4 Å². The first-order valence-corrected chi connectivity index (χ1v) is 10.1. The number of aromatic nitrogens is 1. The quantitative estimate of drug-likeness (QED) is 0.440. The van der Waals surface area contributed by atoms with Crippen molar-refractivity contribution in [1.29, 1.82) is 5.26 Å². The predicted molar refractivity (Wildman–Crippen MR) is 119 cm³/mol. The lowest BCUT2D eigenvalue weighted by Crippen LogP contribution is -2.27. The molecule has 0 unspecified atom stereocenters. The van der Waals surface area contributed by atoms with E-state index in [9.17, 15) is 20.0 Å². The number of carbonyl (C=O) groups excluding carboxylic acids is 1. The molecule has 3 aromatic rings. The molecule has 1 N–H and O–H groups in total. The highest BCUT2D eigenvalue weighted by Gasteiger charge is 2.25. The summed E-state index contributed by atoms with van der Waals surface area (Å²) in [5, 5.41) is 20.6. The normalized spacial score (nSPS) is 11.6. The highest BCUT2D eigenvalue weighted by molar-refractivity contribution is 6.11. The Balaban J connectivity index is 1.75. The number of nitrogens with zero attached hydrogens (tertiary/aromatic N) is 2. The molecule has 0 aliphatic carbocycles. The number of nitriles is 1. The first kappa shape index (κ1) is 21.7. The van der Waals surface area contributed by atoms with Crippen molar-refractivity contribution in [2.45, 2.75) is 13.5 Å². The molecular formula is C25H20N2O6. The molecule has 1 aliphatic rings. The topological polar surface area (TPSA) is 111 Å². The average Bonchev–Trinajstić information content (AvgIpc) is 3.29. The van der Waals surface area contributed by atoms with Crippen molar-refractivity contribution in [3.05, 3.63) is 93.3 Å².